The van der Waals surface area contributed by atoms with Gasteiger partial charge in [0.1, 0.15) is 0 Å². The molecule has 0 aliphatic rings. The minimum Gasteiger partial charge on any atom is -0.306 e. The van der Waals surface area contributed by atoms with Crippen LogP contribution in [0.2, 0.25) is 5.02 Å². The highest BCUT2D eigenvalue weighted by Gasteiger charge is 2.18. The minimum absolute atomic E-state index is 0.219. The van der Waals surface area contributed by atoms with Crippen LogP contribution >= 0.6 is 66.1 Å². The van der Waals surface area contributed by atoms with Crippen molar-refractivity contribution in [1.29, 1.82) is 0 Å². The van der Waals surface area contributed by atoms with Crippen LogP contribution in [-0.4, -0.2) is 6.54 Å². The highest BCUT2D eigenvalue weighted by atomic mass is 79.9. The van der Waals surface area contributed by atoms with Gasteiger partial charge in [0.25, 0.3) is 0 Å². The Labute approximate surface area is 130 Å². The van der Waals surface area contributed by atoms with Gasteiger partial charge in [0.2, 0.25) is 0 Å². The standard InChI is InChI=1S/C11H10Br2ClNS2/c1-2-15-10(6-3-9(12)16-5-6)8-4-7(14)11(13)17-8/h3-5,10,15H,2H2,1H3. The van der Waals surface area contributed by atoms with Gasteiger partial charge in [-0.15, -0.1) is 22.7 Å². The van der Waals surface area contributed by atoms with Gasteiger partial charge in [-0.25, -0.2) is 0 Å². The summed E-state index contributed by atoms with van der Waals surface area (Å²) >= 11 is 16.4. The summed E-state index contributed by atoms with van der Waals surface area (Å²) < 4.78 is 2.14. The molecular weight excluding hydrogens is 406 g/mol. The van der Waals surface area contributed by atoms with Gasteiger partial charge in [0, 0.05) is 4.88 Å². The van der Waals surface area contributed by atoms with Crippen molar-refractivity contribution < 1.29 is 0 Å². The van der Waals surface area contributed by atoms with Crippen molar-refractivity contribution in [3.05, 3.63) is 40.5 Å². The van der Waals surface area contributed by atoms with Gasteiger partial charge < -0.3 is 5.32 Å². The fourth-order valence-electron chi connectivity index (χ4n) is 1.57. The lowest BCUT2D eigenvalue weighted by molar-refractivity contribution is 0.641. The quantitative estimate of drug-likeness (QED) is 0.677. The highest BCUT2D eigenvalue weighted by Crippen LogP contribution is 2.38. The maximum Gasteiger partial charge on any atom is 0.0888 e. The van der Waals surface area contributed by atoms with E-state index < -0.39 is 0 Å². The molecule has 2 rings (SSSR count). The first kappa shape index (κ1) is 14.0. The largest absolute Gasteiger partial charge is 0.306 e. The zero-order chi connectivity index (χ0) is 12.4. The van der Waals surface area contributed by atoms with Gasteiger partial charge >= 0.3 is 0 Å². The molecule has 1 nitrogen and oxygen atoms in total. The second kappa shape index (κ2) is 6.17. The maximum atomic E-state index is 6.10. The molecule has 2 aromatic rings. The monoisotopic (exact) mass is 413 g/mol. The second-order valence-corrected chi connectivity index (χ2v) is 8.54. The predicted molar refractivity (Wildman–Crippen MR) is 84.6 cm³/mol. The molecule has 92 valence electrons. The Morgan fingerprint density at radius 3 is 2.65 bits per heavy atom. The Hall–Kier alpha value is 0.610. The molecule has 0 saturated heterocycles. The van der Waals surface area contributed by atoms with Crippen molar-refractivity contribution in [3.63, 3.8) is 0 Å². The average molecular weight is 416 g/mol. The maximum absolute atomic E-state index is 6.10. The van der Waals surface area contributed by atoms with E-state index in [0.717, 1.165) is 19.1 Å². The molecule has 1 N–H and O–H groups in total. The fourth-order valence-corrected chi connectivity index (χ4v) is 4.62. The Balaban J connectivity index is 2.34. The Morgan fingerprint density at radius 1 is 1.41 bits per heavy atom. The number of hydrogen-bond acceptors (Lipinski definition) is 3. The first-order valence-electron chi connectivity index (χ1n) is 5.04. The molecule has 0 amide bonds. The highest BCUT2D eigenvalue weighted by molar-refractivity contribution is 9.11. The van der Waals surface area contributed by atoms with Crippen molar-refractivity contribution >= 4 is 66.1 Å². The van der Waals surface area contributed by atoms with E-state index in [1.807, 2.05) is 6.07 Å². The summed E-state index contributed by atoms with van der Waals surface area (Å²) in [4.78, 5) is 1.23. The third-order valence-corrected chi connectivity index (χ3v) is 6.34. The molecular formula is C11H10Br2ClNS2. The summed E-state index contributed by atoms with van der Waals surface area (Å²) in [7, 11) is 0. The molecule has 2 aromatic heterocycles. The van der Waals surface area contributed by atoms with E-state index in [2.05, 4.69) is 55.5 Å². The SMILES string of the molecule is CCNC(c1csc(Br)c1)c1cc(Cl)c(Br)s1. The van der Waals surface area contributed by atoms with Gasteiger partial charge in [-0.1, -0.05) is 18.5 Å². The number of rotatable bonds is 4. The van der Waals surface area contributed by atoms with E-state index in [4.69, 9.17) is 11.6 Å². The van der Waals surface area contributed by atoms with Gasteiger partial charge in [-0.05, 0) is 61.5 Å². The average Bonchev–Trinajstić information content (AvgIpc) is 2.83. The number of hydrogen-bond donors (Lipinski definition) is 1. The number of nitrogens with one attached hydrogen (secondary N) is 1. The topological polar surface area (TPSA) is 12.0 Å². The fraction of sp³-hybridized carbons (Fsp3) is 0.273. The van der Waals surface area contributed by atoms with E-state index in [9.17, 15) is 0 Å². The molecule has 0 aliphatic heterocycles. The lowest BCUT2D eigenvalue weighted by Crippen LogP contribution is -2.20. The lowest BCUT2D eigenvalue weighted by Gasteiger charge is -2.14. The lowest BCUT2D eigenvalue weighted by atomic mass is 10.1. The van der Waals surface area contributed by atoms with Gasteiger partial charge in [-0.3, -0.25) is 0 Å². The Morgan fingerprint density at radius 2 is 2.18 bits per heavy atom. The predicted octanol–water partition coefficient (Wildman–Crippen LogP) is 5.69. The molecule has 0 radical (unpaired) electrons. The van der Waals surface area contributed by atoms with Crippen LogP contribution < -0.4 is 5.32 Å². The third-order valence-electron chi connectivity index (χ3n) is 2.28. The zero-order valence-corrected chi connectivity index (χ0v) is 14.5. The third kappa shape index (κ3) is 3.33. The molecule has 0 fully saturated rings. The summed E-state index contributed by atoms with van der Waals surface area (Å²) in [6.45, 7) is 3.03. The van der Waals surface area contributed by atoms with Crippen LogP contribution in [0.25, 0.3) is 0 Å². The van der Waals surface area contributed by atoms with E-state index >= 15 is 0 Å². The van der Waals surface area contributed by atoms with Crippen LogP contribution in [0.15, 0.2) is 25.1 Å². The van der Waals surface area contributed by atoms with Crippen molar-refractivity contribution in [1.82, 2.24) is 5.32 Å². The molecule has 0 aromatic carbocycles. The first-order valence-corrected chi connectivity index (χ1v) is 8.70. The van der Waals surface area contributed by atoms with Crippen molar-refractivity contribution in [2.24, 2.45) is 0 Å². The van der Waals surface area contributed by atoms with Crippen LogP contribution in [0.3, 0.4) is 0 Å². The van der Waals surface area contributed by atoms with E-state index in [1.54, 1.807) is 22.7 Å². The molecule has 0 spiro atoms. The van der Waals surface area contributed by atoms with Crippen molar-refractivity contribution in [2.75, 3.05) is 6.54 Å². The van der Waals surface area contributed by atoms with Crippen molar-refractivity contribution in [2.45, 2.75) is 13.0 Å². The van der Waals surface area contributed by atoms with Crippen molar-refractivity contribution in [3.8, 4) is 0 Å². The van der Waals surface area contributed by atoms with Crippen LogP contribution in [-0.2, 0) is 0 Å². The Bertz CT molecular complexity index is 490. The van der Waals surface area contributed by atoms with Crippen LogP contribution in [0.4, 0.5) is 0 Å². The molecule has 1 unspecified atom stereocenters. The van der Waals surface area contributed by atoms with E-state index in [1.165, 1.54) is 10.4 Å². The molecule has 1 atom stereocenters. The normalized spacial score (nSPS) is 12.9. The smallest absolute Gasteiger partial charge is 0.0888 e. The summed E-state index contributed by atoms with van der Waals surface area (Å²) in [6.07, 6.45) is 0. The van der Waals surface area contributed by atoms with E-state index in [-0.39, 0.29) is 6.04 Å². The van der Waals surface area contributed by atoms with Gasteiger partial charge in [0.15, 0.2) is 0 Å². The van der Waals surface area contributed by atoms with Crippen LogP contribution in [0.5, 0.6) is 0 Å². The summed E-state index contributed by atoms with van der Waals surface area (Å²) in [5.74, 6) is 0. The number of halogens is 3. The van der Waals surface area contributed by atoms with Gasteiger partial charge in [0.05, 0.1) is 18.6 Å². The summed E-state index contributed by atoms with van der Waals surface area (Å²) in [5.41, 5.74) is 1.27. The molecule has 0 aliphatic carbocycles. The second-order valence-electron chi connectivity index (χ2n) is 3.45. The molecule has 2 heterocycles. The first-order chi connectivity index (χ1) is 8.11. The molecule has 0 bridgehead atoms. The Kier molecular flexibility index (Phi) is 5.09. The zero-order valence-electron chi connectivity index (χ0n) is 8.97. The van der Waals surface area contributed by atoms with Gasteiger partial charge in [-0.2, -0.15) is 0 Å². The minimum atomic E-state index is 0.219. The molecule has 0 saturated carbocycles. The van der Waals surface area contributed by atoms with E-state index in [0.29, 0.717) is 0 Å². The summed E-state index contributed by atoms with van der Waals surface area (Å²) in [6, 6.07) is 4.39. The van der Waals surface area contributed by atoms with Crippen LogP contribution in [0, 0.1) is 0 Å². The van der Waals surface area contributed by atoms with Crippen LogP contribution in [0.1, 0.15) is 23.4 Å². The summed E-state index contributed by atoms with van der Waals surface area (Å²) in [5, 5.41) is 6.43. The number of thiophene rings is 2. The molecule has 6 heteroatoms. The molecule has 17 heavy (non-hydrogen) atoms.